The molecule has 0 atom stereocenters. The van der Waals surface area contributed by atoms with E-state index in [0.29, 0.717) is 21.4 Å². The van der Waals surface area contributed by atoms with Crippen LogP contribution in [0.3, 0.4) is 0 Å². The minimum Gasteiger partial charge on any atom is -0.332 e. The van der Waals surface area contributed by atoms with Crippen molar-refractivity contribution >= 4 is 67.8 Å². The fraction of sp³-hybridized carbons (Fsp3) is 0. The van der Waals surface area contributed by atoms with Crippen LogP contribution in [0.4, 0.5) is 11.4 Å². The van der Waals surface area contributed by atoms with Gasteiger partial charge < -0.3 is 5.32 Å². The highest BCUT2D eigenvalue weighted by Crippen LogP contribution is 2.20. The number of anilines is 2. The van der Waals surface area contributed by atoms with E-state index >= 15 is 0 Å². The summed E-state index contributed by atoms with van der Waals surface area (Å²) in [5, 5.41) is 6.02. The van der Waals surface area contributed by atoms with Gasteiger partial charge in [0.1, 0.15) is 0 Å². The van der Waals surface area contributed by atoms with Crippen LogP contribution in [0, 0.1) is 0 Å². The van der Waals surface area contributed by atoms with Crippen molar-refractivity contribution < 1.29 is 13.2 Å². The summed E-state index contributed by atoms with van der Waals surface area (Å²) in [5.74, 6) is -0.483. The molecule has 0 saturated carbocycles. The van der Waals surface area contributed by atoms with Crippen LogP contribution < -0.4 is 15.4 Å². The smallest absolute Gasteiger partial charge is 0.261 e. The third-order valence-corrected chi connectivity index (χ3v) is 5.84. The maximum Gasteiger partial charge on any atom is 0.261 e. The van der Waals surface area contributed by atoms with E-state index in [0.717, 1.165) is 0 Å². The Morgan fingerprint density at radius 1 is 0.833 bits per heavy atom. The quantitative estimate of drug-likeness (QED) is 0.452. The lowest BCUT2D eigenvalue weighted by Crippen LogP contribution is -2.34. The van der Waals surface area contributed by atoms with Crippen LogP contribution in [0.1, 0.15) is 10.4 Å². The van der Waals surface area contributed by atoms with Gasteiger partial charge in [0.15, 0.2) is 5.11 Å². The van der Waals surface area contributed by atoms with Crippen molar-refractivity contribution in [3.63, 3.8) is 0 Å². The van der Waals surface area contributed by atoms with E-state index in [9.17, 15) is 13.2 Å². The molecule has 0 heterocycles. The molecule has 0 bridgehead atoms. The van der Waals surface area contributed by atoms with Gasteiger partial charge in [-0.05, 0) is 66.8 Å². The predicted molar refractivity (Wildman–Crippen MR) is 124 cm³/mol. The topological polar surface area (TPSA) is 87.3 Å². The fourth-order valence-corrected chi connectivity index (χ4v) is 4.26. The van der Waals surface area contributed by atoms with Crippen LogP contribution in [-0.2, 0) is 10.0 Å². The molecule has 0 fully saturated rings. The molecule has 0 unspecified atom stereocenters. The molecule has 3 aromatic carbocycles. The second-order valence-corrected chi connectivity index (χ2v) is 9.03. The highest BCUT2D eigenvalue weighted by Gasteiger charge is 2.14. The van der Waals surface area contributed by atoms with Gasteiger partial charge in [0.2, 0.25) is 0 Å². The van der Waals surface area contributed by atoms with E-state index < -0.39 is 15.9 Å². The second-order valence-electron chi connectivity index (χ2n) is 6.06. The number of hydrogen-bond acceptors (Lipinski definition) is 4. The van der Waals surface area contributed by atoms with E-state index in [1.807, 2.05) is 0 Å². The van der Waals surface area contributed by atoms with E-state index in [1.54, 1.807) is 30.3 Å². The largest absolute Gasteiger partial charge is 0.332 e. The second kappa shape index (κ2) is 9.44. The number of hydrogen-bond donors (Lipinski definition) is 3. The number of sulfonamides is 1. The Kier molecular flexibility index (Phi) is 6.94. The average Bonchev–Trinajstić information content (AvgIpc) is 2.68. The van der Waals surface area contributed by atoms with E-state index in [1.165, 1.54) is 42.5 Å². The first-order valence-corrected chi connectivity index (χ1v) is 11.1. The van der Waals surface area contributed by atoms with Crippen LogP contribution in [0.2, 0.25) is 10.0 Å². The first-order chi connectivity index (χ1) is 14.2. The Morgan fingerprint density at radius 2 is 1.43 bits per heavy atom. The number of benzene rings is 3. The van der Waals surface area contributed by atoms with Crippen LogP contribution in [0.15, 0.2) is 77.7 Å². The maximum atomic E-state index is 12.5. The summed E-state index contributed by atoms with van der Waals surface area (Å²) >= 11 is 16.9. The van der Waals surface area contributed by atoms with Crippen LogP contribution >= 0.6 is 35.4 Å². The molecule has 10 heteroatoms. The van der Waals surface area contributed by atoms with E-state index in [-0.39, 0.29) is 15.6 Å². The number of halogens is 2. The standard InChI is InChI=1S/C20H15Cl2N3O3S2/c21-14-10-13(11-15(22)12-14)19(26)24-20(29)23-16-6-8-18(9-7-16)30(27,28)25-17-4-2-1-3-5-17/h1-12,25H,(H2,23,24,26,29). The summed E-state index contributed by atoms with van der Waals surface area (Å²) in [6, 6.07) is 18.9. The Labute approximate surface area is 189 Å². The number of thiocarbonyl (C=S) groups is 1. The average molecular weight is 480 g/mol. The summed E-state index contributed by atoms with van der Waals surface area (Å²) in [4.78, 5) is 12.3. The molecule has 3 rings (SSSR count). The van der Waals surface area contributed by atoms with Crippen LogP contribution in [0.5, 0.6) is 0 Å². The fourth-order valence-electron chi connectivity index (χ4n) is 2.46. The zero-order chi connectivity index (χ0) is 21.7. The third-order valence-electron chi connectivity index (χ3n) is 3.80. The molecule has 1 amide bonds. The van der Waals surface area contributed by atoms with Gasteiger partial charge >= 0.3 is 0 Å². The van der Waals surface area contributed by atoms with Crippen LogP contribution in [-0.4, -0.2) is 19.4 Å². The molecule has 0 aromatic heterocycles. The molecule has 6 nitrogen and oxygen atoms in total. The summed E-state index contributed by atoms with van der Waals surface area (Å²) in [6.45, 7) is 0. The van der Waals surface area contributed by atoms with Gasteiger partial charge in [0.25, 0.3) is 15.9 Å². The van der Waals surface area contributed by atoms with Gasteiger partial charge in [-0.1, -0.05) is 41.4 Å². The lowest BCUT2D eigenvalue weighted by Gasteiger charge is -2.11. The molecule has 154 valence electrons. The number of carbonyl (C=O) groups is 1. The van der Waals surface area contributed by atoms with Gasteiger partial charge in [0.05, 0.1) is 4.90 Å². The molecule has 0 saturated heterocycles. The minimum absolute atomic E-state index is 0.0362. The van der Waals surface area contributed by atoms with Gasteiger partial charge in [-0.15, -0.1) is 0 Å². The zero-order valence-corrected chi connectivity index (χ0v) is 18.4. The van der Waals surface area contributed by atoms with Crippen LogP contribution in [0.25, 0.3) is 0 Å². The van der Waals surface area contributed by atoms with E-state index in [2.05, 4.69) is 15.4 Å². The maximum absolute atomic E-state index is 12.5. The number of para-hydroxylation sites is 1. The lowest BCUT2D eigenvalue weighted by atomic mass is 10.2. The van der Waals surface area contributed by atoms with Crippen molar-refractivity contribution in [1.82, 2.24) is 5.32 Å². The molecular weight excluding hydrogens is 465 g/mol. The van der Waals surface area contributed by atoms with Crippen molar-refractivity contribution in [2.75, 3.05) is 10.0 Å². The number of nitrogens with one attached hydrogen (secondary N) is 3. The summed E-state index contributed by atoms with van der Waals surface area (Å²) in [6.07, 6.45) is 0. The molecule has 0 radical (unpaired) electrons. The van der Waals surface area contributed by atoms with Crippen molar-refractivity contribution in [2.45, 2.75) is 4.90 Å². The molecule has 30 heavy (non-hydrogen) atoms. The van der Waals surface area contributed by atoms with Crippen molar-refractivity contribution in [1.29, 1.82) is 0 Å². The summed E-state index contributed by atoms with van der Waals surface area (Å²) < 4.78 is 27.4. The highest BCUT2D eigenvalue weighted by molar-refractivity contribution is 7.92. The summed E-state index contributed by atoms with van der Waals surface area (Å²) in [7, 11) is -3.73. The Hall–Kier alpha value is -2.65. The third kappa shape index (κ3) is 5.93. The van der Waals surface area contributed by atoms with E-state index in [4.69, 9.17) is 35.4 Å². The molecular formula is C20H15Cl2N3O3S2. The Morgan fingerprint density at radius 3 is 2.03 bits per heavy atom. The molecule has 0 aliphatic carbocycles. The molecule has 0 aliphatic heterocycles. The number of amides is 1. The molecule has 3 aromatic rings. The van der Waals surface area contributed by atoms with Crippen molar-refractivity contribution in [2.24, 2.45) is 0 Å². The monoisotopic (exact) mass is 479 g/mol. The summed E-state index contributed by atoms with van der Waals surface area (Å²) in [5.41, 5.74) is 1.22. The molecule has 0 spiro atoms. The van der Waals surface area contributed by atoms with Gasteiger partial charge in [-0.25, -0.2) is 8.42 Å². The zero-order valence-electron chi connectivity index (χ0n) is 15.2. The van der Waals surface area contributed by atoms with Gasteiger partial charge in [-0.2, -0.15) is 0 Å². The van der Waals surface area contributed by atoms with Gasteiger partial charge in [-0.3, -0.25) is 14.8 Å². The minimum atomic E-state index is -3.73. The SMILES string of the molecule is O=C(NC(=S)Nc1ccc(S(=O)(=O)Nc2ccccc2)cc1)c1cc(Cl)cc(Cl)c1. The van der Waals surface area contributed by atoms with Gasteiger partial charge in [0, 0.05) is 27.0 Å². The number of rotatable bonds is 5. The normalized spacial score (nSPS) is 10.9. The highest BCUT2D eigenvalue weighted by atomic mass is 35.5. The predicted octanol–water partition coefficient (Wildman–Crippen LogP) is 4.92. The van der Waals surface area contributed by atoms with Crippen molar-refractivity contribution in [3.05, 3.63) is 88.4 Å². The van der Waals surface area contributed by atoms with Crippen molar-refractivity contribution in [3.8, 4) is 0 Å². The first-order valence-electron chi connectivity index (χ1n) is 8.49. The Balaban J connectivity index is 1.63. The first kappa shape index (κ1) is 22.0. The molecule has 0 aliphatic rings. The number of carbonyl (C=O) groups excluding carboxylic acids is 1. The lowest BCUT2D eigenvalue weighted by molar-refractivity contribution is 0.0977. The Bertz CT molecular complexity index is 1170. The molecule has 3 N–H and O–H groups in total.